The zero-order valence-corrected chi connectivity index (χ0v) is 15.9. The van der Waals surface area contributed by atoms with Gasteiger partial charge in [-0.15, -0.1) is 0 Å². The molecule has 0 aliphatic heterocycles. The van der Waals surface area contributed by atoms with E-state index >= 15 is 0 Å². The highest BCUT2D eigenvalue weighted by Gasteiger charge is 2.52. The van der Waals surface area contributed by atoms with Crippen molar-refractivity contribution < 1.29 is 19.1 Å². The Morgan fingerprint density at radius 3 is 2.04 bits per heavy atom. The van der Waals surface area contributed by atoms with Gasteiger partial charge in [-0.25, -0.2) is 0 Å². The fourth-order valence-corrected chi connectivity index (χ4v) is 2.80. The Hall–Kier alpha value is -2.54. The Bertz CT molecular complexity index is 729. The molecule has 0 fully saturated rings. The molecule has 0 bridgehead atoms. The zero-order chi connectivity index (χ0) is 19.2. The number of ether oxygens (including phenoxy) is 2. The molecule has 0 unspecified atom stereocenters. The first-order valence-corrected chi connectivity index (χ1v) is 8.96. The van der Waals surface area contributed by atoms with E-state index in [0.29, 0.717) is 0 Å². The third-order valence-electron chi connectivity index (χ3n) is 4.50. The molecule has 1 aliphatic carbocycles. The quantitative estimate of drug-likeness (QED) is 0.323. The van der Waals surface area contributed by atoms with Gasteiger partial charge in [0.1, 0.15) is 0 Å². The average Bonchev–Trinajstić information content (AvgIpc) is 3.21. The summed E-state index contributed by atoms with van der Waals surface area (Å²) >= 11 is 0. The first-order chi connectivity index (χ1) is 12.4. The molecule has 1 aromatic carbocycles. The fraction of sp³-hybridized carbons (Fsp3) is 0.455. The summed E-state index contributed by atoms with van der Waals surface area (Å²) in [6, 6.07) is 9.47. The highest BCUT2D eigenvalue weighted by molar-refractivity contribution is 6.01. The van der Waals surface area contributed by atoms with E-state index in [1.165, 1.54) is 0 Å². The minimum atomic E-state index is -1.42. The van der Waals surface area contributed by atoms with E-state index in [4.69, 9.17) is 9.47 Å². The van der Waals surface area contributed by atoms with E-state index in [1.807, 2.05) is 30.3 Å². The molecule has 0 heterocycles. The monoisotopic (exact) mass is 354 g/mol. The van der Waals surface area contributed by atoms with Gasteiger partial charge >= 0.3 is 11.9 Å². The first-order valence-electron chi connectivity index (χ1n) is 8.96. The molecule has 1 aromatic rings. The molecule has 138 valence electrons. The lowest BCUT2D eigenvalue weighted by molar-refractivity contribution is -0.171. The van der Waals surface area contributed by atoms with Crippen LogP contribution in [0.2, 0.25) is 0 Å². The summed E-state index contributed by atoms with van der Waals surface area (Å²) in [6.45, 7) is 7.97. The number of esters is 2. The smallest absolute Gasteiger partial charge is 0.324 e. The summed E-state index contributed by atoms with van der Waals surface area (Å²) in [5, 5.41) is 0. The van der Waals surface area contributed by atoms with Crippen LogP contribution >= 0.6 is 0 Å². The van der Waals surface area contributed by atoms with Crippen molar-refractivity contribution in [1.82, 2.24) is 0 Å². The van der Waals surface area contributed by atoms with Gasteiger partial charge in [-0.05, 0) is 32.4 Å². The normalized spacial score (nSPS) is 14.5. The second-order valence-electron chi connectivity index (χ2n) is 6.94. The number of benzene rings is 1. The van der Waals surface area contributed by atoms with Crippen LogP contribution in [0.4, 0.5) is 0 Å². The average molecular weight is 354 g/mol. The molecule has 0 aromatic heterocycles. The van der Waals surface area contributed by atoms with Gasteiger partial charge in [-0.1, -0.05) is 55.5 Å². The molecule has 0 amide bonds. The maximum absolute atomic E-state index is 12.8. The van der Waals surface area contributed by atoms with Gasteiger partial charge in [-0.2, -0.15) is 0 Å². The van der Waals surface area contributed by atoms with Crippen molar-refractivity contribution in [3.05, 3.63) is 47.5 Å². The minimum Gasteiger partial charge on any atom is -0.465 e. The van der Waals surface area contributed by atoms with E-state index in [2.05, 4.69) is 31.8 Å². The summed E-state index contributed by atoms with van der Waals surface area (Å²) < 4.78 is 10.5. The van der Waals surface area contributed by atoms with Crippen molar-refractivity contribution in [2.75, 3.05) is 13.2 Å². The third-order valence-corrected chi connectivity index (χ3v) is 4.50. The minimum absolute atomic E-state index is 0.0625. The Morgan fingerprint density at radius 1 is 1.04 bits per heavy atom. The van der Waals surface area contributed by atoms with Gasteiger partial charge in [0.2, 0.25) is 0 Å². The second-order valence-corrected chi connectivity index (χ2v) is 6.94. The predicted molar refractivity (Wildman–Crippen MR) is 100 cm³/mol. The van der Waals surface area contributed by atoms with E-state index in [1.54, 1.807) is 13.8 Å². The molecule has 26 heavy (non-hydrogen) atoms. The van der Waals surface area contributed by atoms with Crippen LogP contribution in [0.15, 0.2) is 42.0 Å². The first kappa shape index (κ1) is 19.8. The Labute approximate surface area is 155 Å². The van der Waals surface area contributed by atoms with Gasteiger partial charge in [0.05, 0.1) is 13.2 Å². The highest BCUT2D eigenvalue weighted by atomic mass is 16.6. The highest BCUT2D eigenvalue weighted by Crippen LogP contribution is 2.50. The number of hydrogen-bond acceptors (Lipinski definition) is 4. The summed E-state index contributed by atoms with van der Waals surface area (Å²) in [5.41, 5.74) is 0.394. The van der Waals surface area contributed by atoms with Crippen molar-refractivity contribution in [2.45, 2.75) is 40.5 Å². The Kier molecular flexibility index (Phi) is 6.26. The van der Waals surface area contributed by atoms with E-state index in [-0.39, 0.29) is 31.5 Å². The van der Waals surface area contributed by atoms with Gasteiger partial charge in [0, 0.05) is 17.4 Å². The Morgan fingerprint density at radius 2 is 1.58 bits per heavy atom. The lowest BCUT2D eigenvalue weighted by Gasteiger charge is -2.27. The standard InChI is InChI=1S/C22H26O4/c1-5-25-19(23)22(20(24)26-6-2,16-18-15-21(18,3)4)14-10-13-17-11-8-7-9-12-17/h7-9,11-12,15H,5-6,14,16H2,1-4H3. The molecule has 0 radical (unpaired) electrons. The molecular formula is C22H26O4. The topological polar surface area (TPSA) is 52.6 Å². The number of carbonyl (C=O) groups is 2. The summed E-state index contributed by atoms with van der Waals surface area (Å²) in [4.78, 5) is 25.6. The van der Waals surface area contributed by atoms with Crippen molar-refractivity contribution >= 4 is 11.9 Å². The van der Waals surface area contributed by atoms with Gasteiger partial charge in [-0.3, -0.25) is 9.59 Å². The second kappa shape index (κ2) is 8.23. The Balaban J connectivity index is 2.33. The predicted octanol–water partition coefficient (Wildman–Crippen LogP) is 3.90. The SMILES string of the molecule is CCOC(=O)C(CC#Cc1ccccc1)(CC1=CC1(C)C)C(=O)OCC. The van der Waals surface area contributed by atoms with Crippen LogP contribution in [-0.2, 0) is 19.1 Å². The summed E-state index contributed by atoms with van der Waals surface area (Å²) in [7, 11) is 0. The van der Waals surface area contributed by atoms with Crippen molar-refractivity contribution in [1.29, 1.82) is 0 Å². The van der Waals surface area contributed by atoms with Crippen LogP contribution in [0, 0.1) is 22.7 Å². The van der Waals surface area contributed by atoms with Gasteiger partial charge < -0.3 is 9.47 Å². The fourth-order valence-electron chi connectivity index (χ4n) is 2.80. The van der Waals surface area contributed by atoms with E-state index < -0.39 is 17.4 Å². The molecule has 0 saturated carbocycles. The lowest BCUT2D eigenvalue weighted by Crippen LogP contribution is -2.42. The van der Waals surface area contributed by atoms with Crippen molar-refractivity contribution in [2.24, 2.45) is 10.8 Å². The lowest BCUT2D eigenvalue weighted by atomic mass is 9.78. The number of rotatable bonds is 7. The van der Waals surface area contributed by atoms with Crippen LogP contribution in [0.3, 0.4) is 0 Å². The van der Waals surface area contributed by atoms with Crippen molar-refractivity contribution in [3.63, 3.8) is 0 Å². The van der Waals surface area contributed by atoms with Crippen LogP contribution in [-0.4, -0.2) is 25.2 Å². The maximum Gasteiger partial charge on any atom is 0.324 e. The molecule has 0 spiro atoms. The largest absolute Gasteiger partial charge is 0.465 e. The van der Waals surface area contributed by atoms with Gasteiger partial charge in [0.15, 0.2) is 5.41 Å². The van der Waals surface area contributed by atoms with Crippen LogP contribution in [0.5, 0.6) is 0 Å². The molecule has 0 atom stereocenters. The molecule has 2 rings (SSSR count). The van der Waals surface area contributed by atoms with E-state index in [0.717, 1.165) is 11.1 Å². The summed E-state index contributed by atoms with van der Waals surface area (Å²) in [6.07, 6.45) is 2.40. The van der Waals surface area contributed by atoms with Crippen LogP contribution in [0.25, 0.3) is 0 Å². The molecular weight excluding hydrogens is 328 g/mol. The molecule has 4 heteroatoms. The van der Waals surface area contributed by atoms with Crippen molar-refractivity contribution in [3.8, 4) is 11.8 Å². The molecule has 0 N–H and O–H groups in total. The van der Waals surface area contributed by atoms with Crippen LogP contribution in [0.1, 0.15) is 46.1 Å². The molecule has 4 nitrogen and oxygen atoms in total. The number of hydrogen-bond donors (Lipinski definition) is 0. The maximum atomic E-state index is 12.8. The molecule has 1 aliphatic rings. The van der Waals surface area contributed by atoms with E-state index in [9.17, 15) is 9.59 Å². The third kappa shape index (κ3) is 4.54. The van der Waals surface area contributed by atoms with Gasteiger partial charge in [0.25, 0.3) is 0 Å². The summed E-state index contributed by atoms with van der Waals surface area (Å²) in [5.74, 6) is 4.90. The molecule has 0 saturated heterocycles. The number of allylic oxidation sites excluding steroid dienone is 2. The number of carbonyl (C=O) groups excluding carboxylic acids is 2. The zero-order valence-electron chi connectivity index (χ0n) is 15.9. The van der Waals surface area contributed by atoms with Crippen LogP contribution < -0.4 is 0 Å².